The summed E-state index contributed by atoms with van der Waals surface area (Å²) in [5.41, 5.74) is 2.56. The Hall–Kier alpha value is -3.12. The third-order valence-corrected chi connectivity index (χ3v) is 4.34. The molecule has 0 fully saturated rings. The number of amides is 1. The lowest BCUT2D eigenvalue weighted by Crippen LogP contribution is -2.19. The summed E-state index contributed by atoms with van der Waals surface area (Å²) < 4.78 is 1.76. The first-order valence-electron chi connectivity index (χ1n) is 8.14. The fraction of sp³-hybridized carbons (Fsp3) is 0.105. The summed E-state index contributed by atoms with van der Waals surface area (Å²) in [5.74, 6) is 0.548. The Morgan fingerprint density at radius 3 is 2.62 bits per heavy atom. The first kappa shape index (κ1) is 16.4. The van der Waals surface area contributed by atoms with Gasteiger partial charge in [-0.2, -0.15) is 4.98 Å². The molecule has 7 heteroatoms. The van der Waals surface area contributed by atoms with Gasteiger partial charge in [0, 0.05) is 16.3 Å². The van der Waals surface area contributed by atoms with Gasteiger partial charge in [0.2, 0.25) is 5.95 Å². The van der Waals surface area contributed by atoms with E-state index in [0.29, 0.717) is 16.5 Å². The fourth-order valence-electron chi connectivity index (χ4n) is 2.84. The monoisotopic (exact) mass is 365 g/mol. The summed E-state index contributed by atoms with van der Waals surface area (Å²) in [5, 5.41) is 11.0. The number of nitrogens with zero attached hydrogens (tertiary/aromatic N) is 3. The summed E-state index contributed by atoms with van der Waals surface area (Å²) in [6.45, 7) is 1.97. The van der Waals surface area contributed by atoms with Gasteiger partial charge in [0.1, 0.15) is 6.04 Å². The number of nitrogens with one attached hydrogen (secondary N) is 2. The van der Waals surface area contributed by atoms with E-state index in [2.05, 4.69) is 26.8 Å². The van der Waals surface area contributed by atoms with E-state index in [1.807, 2.05) is 37.3 Å². The van der Waals surface area contributed by atoms with Gasteiger partial charge in [-0.05, 0) is 42.8 Å². The molecule has 0 radical (unpaired) electrons. The Morgan fingerprint density at radius 2 is 1.88 bits per heavy atom. The molecule has 3 aromatic rings. The number of allylic oxidation sites excluding steroid dienone is 2. The van der Waals surface area contributed by atoms with Crippen LogP contribution in [-0.4, -0.2) is 20.7 Å². The molecule has 2 aromatic carbocycles. The summed E-state index contributed by atoms with van der Waals surface area (Å²) in [6.07, 6.45) is 2.07. The number of carbonyl (C=O) groups is 1. The summed E-state index contributed by atoms with van der Waals surface area (Å²) >= 11 is 5.86. The molecule has 1 amide bonds. The standard InChI is InChI=1S/C19H16ClN5O/c1-12-11-16(13-5-3-2-4-6-13)25-19(21-12)23-18(24-25)22-17(26)14-7-9-15(20)10-8-14/h2-11,16H,1H3,(H2,21,22,23,24,26)/t16-/m1/s1. The Balaban J connectivity index is 1.62. The number of fused-ring (bicyclic) bond motifs is 1. The normalized spacial score (nSPS) is 15.6. The molecule has 0 saturated heterocycles. The number of benzene rings is 2. The van der Waals surface area contributed by atoms with Gasteiger partial charge < -0.3 is 5.32 Å². The number of halogens is 1. The summed E-state index contributed by atoms with van der Waals surface area (Å²) in [6, 6.07) is 16.6. The molecule has 0 aliphatic carbocycles. The first-order chi connectivity index (χ1) is 12.6. The van der Waals surface area contributed by atoms with Gasteiger partial charge in [0.05, 0.1) is 0 Å². The highest BCUT2D eigenvalue weighted by Gasteiger charge is 2.23. The molecule has 1 aromatic heterocycles. The van der Waals surface area contributed by atoms with Gasteiger partial charge in [0.25, 0.3) is 11.9 Å². The average Bonchev–Trinajstić information content (AvgIpc) is 3.04. The largest absolute Gasteiger partial charge is 0.329 e. The van der Waals surface area contributed by atoms with E-state index in [4.69, 9.17) is 11.6 Å². The molecule has 26 heavy (non-hydrogen) atoms. The molecular weight excluding hydrogens is 350 g/mol. The average molecular weight is 366 g/mol. The molecule has 0 saturated carbocycles. The molecule has 0 bridgehead atoms. The Kier molecular flexibility index (Phi) is 4.18. The van der Waals surface area contributed by atoms with Crippen LogP contribution in [0.5, 0.6) is 0 Å². The van der Waals surface area contributed by atoms with Gasteiger partial charge in [-0.25, -0.2) is 4.68 Å². The maximum Gasteiger partial charge on any atom is 0.258 e. The van der Waals surface area contributed by atoms with Crippen molar-refractivity contribution in [3.05, 3.63) is 82.5 Å². The van der Waals surface area contributed by atoms with Gasteiger partial charge in [0.15, 0.2) is 0 Å². The molecule has 0 unspecified atom stereocenters. The molecule has 0 spiro atoms. The molecule has 6 nitrogen and oxygen atoms in total. The molecule has 1 aliphatic heterocycles. The molecule has 130 valence electrons. The van der Waals surface area contributed by atoms with Crippen molar-refractivity contribution in [2.24, 2.45) is 0 Å². The lowest BCUT2D eigenvalue weighted by atomic mass is 10.1. The zero-order chi connectivity index (χ0) is 18.1. The zero-order valence-corrected chi connectivity index (χ0v) is 14.7. The van der Waals surface area contributed by atoms with Crippen LogP contribution in [0.1, 0.15) is 28.9 Å². The van der Waals surface area contributed by atoms with Gasteiger partial charge in [-0.1, -0.05) is 41.9 Å². The van der Waals surface area contributed by atoms with Crippen molar-refractivity contribution in [3.8, 4) is 0 Å². The second-order valence-corrected chi connectivity index (χ2v) is 6.43. The van der Waals surface area contributed by atoms with Crippen LogP contribution in [0.2, 0.25) is 5.02 Å². The Bertz CT molecular complexity index is 979. The maximum absolute atomic E-state index is 12.4. The van der Waals surface area contributed by atoms with Gasteiger partial charge in [-0.15, -0.1) is 5.10 Å². The molecule has 1 aliphatic rings. The lowest BCUT2D eigenvalue weighted by Gasteiger charge is -2.22. The van der Waals surface area contributed by atoms with E-state index >= 15 is 0 Å². The number of carbonyl (C=O) groups excluding carboxylic acids is 1. The van der Waals surface area contributed by atoms with Crippen molar-refractivity contribution in [3.63, 3.8) is 0 Å². The number of aromatic nitrogens is 3. The minimum atomic E-state index is -0.287. The smallest absolute Gasteiger partial charge is 0.258 e. The Labute approximate surface area is 155 Å². The van der Waals surface area contributed by atoms with Crippen molar-refractivity contribution in [2.45, 2.75) is 13.0 Å². The van der Waals surface area contributed by atoms with Crippen LogP contribution >= 0.6 is 11.6 Å². The van der Waals surface area contributed by atoms with E-state index < -0.39 is 0 Å². The molecule has 2 heterocycles. The van der Waals surface area contributed by atoms with Crippen LogP contribution in [0.3, 0.4) is 0 Å². The number of hydrogen-bond acceptors (Lipinski definition) is 4. The molecule has 1 atom stereocenters. The molecule has 2 N–H and O–H groups in total. The zero-order valence-electron chi connectivity index (χ0n) is 14.0. The van der Waals surface area contributed by atoms with Crippen molar-refractivity contribution < 1.29 is 4.79 Å². The van der Waals surface area contributed by atoms with E-state index in [-0.39, 0.29) is 17.9 Å². The van der Waals surface area contributed by atoms with Crippen molar-refractivity contribution in [2.75, 3.05) is 10.6 Å². The molecule has 4 rings (SSSR count). The second-order valence-electron chi connectivity index (χ2n) is 5.99. The van der Waals surface area contributed by atoms with Crippen molar-refractivity contribution in [1.82, 2.24) is 14.8 Å². The highest BCUT2D eigenvalue weighted by Crippen LogP contribution is 2.29. The minimum absolute atomic E-state index is 0.0823. The van der Waals surface area contributed by atoms with Crippen molar-refractivity contribution >= 4 is 29.4 Å². The van der Waals surface area contributed by atoms with Gasteiger partial charge in [-0.3, -0.25) is 10.1 Å². The summed E-state index contributed by atoms with van der Waals surface area (Å²) in [4.78, 5) is 16.8. The van der Waals surface area contributed by atoms with Crippen molar-refractivity contribution in [1.29, 1.82) is 0 Å². The fourth-order valence-corrected chi connectivity index (χ4v) is 2.97. The number of anilines is 2. The van der Waals surface area contributed by atoms with Gasteiger partial charge >= 0.3 is 0 Å². The maximum atomic E-state index is 12.4. The van der Waals surface area contributed by atoms with E-state index in [0.717, 1.165) is 11.3 Å². The number of hydrogen-bond donors (Lipinski definition) is 2. The van der Waals surface area contributed by atoms with E-state index in [1.54, 1.807) is 28.9 Å². The van der Waals surface area contributed by atoms with E-state index in [1.165, 1.54) is 0 Å². The lowest BCUT2D eigenvalue weighted by molar-refractivity contribution is 0.102. The third kappa shape index (κ3) is 3.19. The summed E-state index contributed by atoms with van der Waals surface area (Å²) in [7, 11) is 0. The minimum Gasteiger partial charge on any atom is -0.329 e. The third-order valence-electron chi connectivity index (χ3n) is 4.08. The predicted octanol–water partition coefficient (Wildman–Crippen LogP) is 4.10. The van der Waals surface area contributed by atoms with Crippen LogP contribution < -0.4 is 10.6 Å². The topological polar surface area (TPSA) is 71.8 Å². The SMILES string of the molecule is CC1=C[C@H](c2ccccc2)n2nc(NC(=O)c3ccc(Cl)cc3)nc2N1. The quantitative estimate of drug-likeness (QED) is 0.733. The van der Waals surface area contributed by atoms with Crippen LogP contribution in [0, 0.1) is 0 Å². The van der Waals surface area contributed by atoms with Crippen LogP contribution in [0.4, 0.5) is 11.9 Å². The number of rotatable bonds is 3. The predicted molar refractivity (Wildman–Crippen MR) is 101 cm³/mol. The van der Waals surface area contributed by atoms with Crippen LogP contribution in [0.15, 0.2) is 66.4 Å². The second kappa shape index (κ2) is 6.65. The molecular formula is C19H16ClN5O. The highest BCUT2D eigenvalue weighted by atomic mass is 35.5. The van der Waals surface area contributed by atoms with E-state index in [9.17, 15) is 4.79 Å². The van der Waals surface area contributed by atoms with Crippen LogP contribution in [-0.2, 0) is 0 Å². The highest BCUT2D eigenvalue weighted by molar-refractivity contribution is 6.30. The van der Waals surface area contributed by atoms with Crippen LogP contribution in [0.25, 0.3) is 0 Å². The Morgan fingerprint density at radius 1 is 1.15 bits per heavy atom. The first-order valence-corrected chi connectivity index (χ1v) is 8.52.